The fraction of sp³-hybridized carbons (Fsp3) is 0.227. The Morgan fingerprint density at radius 2 is 1.86 bits per heavy atom. The number of rotatable bonds is 6. The molecule has 0 saturated carbocycles. The summed E-state index contributed by atoms with van der Waals surface area (Å²) in [5.41, 5.74) is 4.88. The lowest BCUT2D eigenvalue weighted by atomic mass is 10.2. The van der Waals surface area contributed by atoms with E-state index in [0.29, 0.717) is 30.4 Å². The van der Waals surface area contributed by atoms with Crippen molar-refractivity contribution in [3.63, 3.8) is 0 Å². The summed E-state index contributed by atoms with van der Waals surface area (Å²) < 4.78 is 9.47. The van der Waals surface area contributed by atoms with E-state index >= 15 is 0 Å². The van der Waals surface area contributed by atoms with Crippen LogP contribution in [0.2, 0.25) is 5.02 Å². The van der Waals surface area contributed by atoms with E-state index in [-0.39, 0.29) is 5.91 Å². The van der Waals surface area contributed by atoms with E-state index < -0.39 is 0 Å². The standard InChI is InChI=1S/C22H22ClN3O2/c1-25-18-6-4-3-5-17(18)21-19(25)13-20(26(21)11-12-28-2)22(27)24-14-15-7-9-16(23)10-8-15/h3-10,13H,11-12,14H2,1-2H3,(H,24,27). The number of fused-ring (bicyclic) bond motifs is 3. The van der Waals surface area contributed by atoms with Crippen molar-refractivity contribution in [3.8, 4) is 0 Å². The van der Waals surface area contributed by atoms with Gasteiger partial charge in [0.1, 0.15) is 5.69 Å². The van der Waals surface area contributed by atoms with E-state index in [1.54, 1.807) is 7.11 Å². The largest absolute Gasteiger partial charge is 0.383 e. The van der Waals surface area contributed by atoms with E-state index in [1.807, 2.05) is 49.5 Å². The number of hydrogen-bond donors (Lipinski definition) is 1. The van der Waals surface area contributed by atoms with E-state index in [4.69, 9.17) is 16.3 Å². The highest BCUT2D eigenvalue weighted by molar-refractivity contribution is 6.30. The summed E-state index contributed by atoms with van der Waals surface area (Å²) in [4.78, 5) is 13.0. The minimum Gasteiger partial charge on any atom is -0.383 e. The first kappa shape index (κ1) is 18.6. The van der Waals surface area contributed by atoms with Gasteiger partial charge < -0.3 is 19.2 Å². The molecule has 0 aliphatic carbocycles. The third-order valence-corrected chi connectivity index (χ3v) is 5.33. The van der Waals surface area contributed by atoms with Crippen molar-refractivity contribution in [1.29, 1.82) is 0 Å². The Labute approximate surface area is 168 Å². The smallest absolute Gasteiger partial charge is 0.268 e. The molecule has 0 spiro atoms. The lowest BCUT2D eigenvalue weighted by Gasteiger charge is -2.11. The second-order valence-electron chi connectivity index (χ2n) is 6.79. The third-order valence-electron chi connectivity index (χ3n) is 5.08. The van der Waals surface area contributed by atoms with Gasteiger partial charge in [0.2, 0.25) is 0 Å². The molecule has 0 saturated heterocycles. The molecule has 2 heterocycles. The number of nitrogens with zero attached hydrogens (tertiary/aromatic N) is 2. The summed E-state index contributed by atoms with van der Waals surface area (Å²) in [5, 5.41) is 4.83. The van der Waals surface area contributed by atoms with Crippen LogP contribution in [0.1, 0.15) is 16.1 Å². The van der Waals surface area contributed by atoms with Crippen LogP contribution in [0.5, 0.6) is 0 Å². The van der Waals surface area contributed by atoms with Crippen molar-refractivity contribution in [1.82, 2.24) is 14.5 Å². The van der Waals surface area contributed by atoms with Gasteiger partial charge in [-0.1, -0.05) is 41.9 Å². The van der Waals surface area contributed by atoms with Crippen molar-refractivity contribution in [3.05, 3.63) is 70.9 Å². The van der Waals surface area contributed by atoms with Crippen LogP contribution in [-0.4, -0.2) is 28.8 Å². The number of hydrogen-bond acceptors (Lipinski definition) is 2. The number of carbonyl (C=O) groups excluding carboxylic acids is 1. The van der Waals surface area contributed by atoms with Crippen LogP contribution in [0.3, 0.4) is 0 Å². The maximum Gasteiger partial charge on any atom is 0.268 e. The molecule has 0 unspecified atom stereocenters. The second kappa shape index (κ2) is 7.70. The average molecular weight is 396 g/mol. The summed E-state index contributed by atoms with van der Waals surface area (Å²) >= 11 is 5.93. The Morgan fingerprint density at radius 3 is 2.61 bits per heavy atom. The molecule has 1 amide bonds. The monoisotopic (exact) mass is 395 g/mol. The quantitative estimate of drug-likeness (QED) is 0.527. The Hall–Kier alpha value is -2.76. The third kappa shape index (κ3) is 3.28. The number of benzene rings is 2. The Morgan fingerprint density at radius 1 is 1.11 bits per heavy atom. The molecule has 28 heavy (non-hydrogen) atoms. The fourth-order valence-corrected chi connectivity index (χ4v) is 3.77. The van der Waals surface area contributed by atoms with Gasteiger partial charge in [-0.15, -0.1) is 0 Å². The highest BCUT2D eigenvalue weighted by atomic mass is 35.5. The van der Waals surface area contributed by atoms with E-state index in [2.05, 4.69) is 26.6 Å². The molecule has 0 fully saturated rings. The second-order valence-corrected chi connectivity index (χ2v) is 7.23. The zero-order valence-electron chi connectivity index (χ0n) is 15.9. The van der Waals surface area contributed by atoms with Crippen LogP contribution in [0.25, 0.3) is 21.9 Å². The zero-order chi connectivity index (χ0) is 19.7. The SMILES string of the molecule is COCCn1c(C(=O)NCc2ccc(Cl)cc2)cc2c1c1ccccc1n2C. The van der Waals surface area contributed by atoms with E-state index in [9.17, 15) is 4.79 Å². The zero-order valence-corrected chi connectivity index (χ0v) is 16.7. The predicted molar refractivity (Wildman–Crippen MR) is 113 cm³/mol. The van der Waals surface area contributed by atoms with Crippen LogP contribution in [0, 0.1) is 0 Å². The van der Waals surface area contributed by atoms with Crippen molar-refractivity contribution in [2.24, 2.45) is 7.05 Å². The Bertz CT molecular complexity index is 1140. The van der Waals surface area contributed by atoms with Crippen LogP contribution in [0.4, 0.5) is 0 Å². The number of halogens is 1. The van der Waals surface area contributed by atoms with Gasteiger partial charge in [0.15, 0.2) is 0 Å². The van der Waals surface area contributed by atoms with Gasteiger partial charge in [0.25, 0.3) is 5.91 Å². The van der Waals surface area contributed by atoms with Crippen LogP contribution in [-0.2, 0) is 24.9 Å². The average Bonchev–Trinajstić information content (AvgIpc) is 3.22. The lowest BCUT2D eigenvalue weighted by Crippen LogP contribution is -2.26. The number of methoxy groups -OCH3 is 1. The normalized spacial score (nSPS) is 11.4. The maximum absolute atomic E-state index is 13.0. The maximum atomic E-state index is 13.0. The highest BCUT2D eigenvalue weighted by Crippen LogP contribution is 2.31. The van der Waals surface area contributed by atoms with Gasteiger partial charge in [-0.05, 0) is 29.8 Å². The Kier molecular flexibility index (Phi) is 5.11. The molecule has 2 aromatic carbocycles. The number of para-hydroxylation sites is 1. The molecule has 4 rings (SSSR count). The molecule has 6 heteroatoms. The van der Waals surface area contributed by atoms with Crippen molar-refractivity contribution < 1.29 is 9.53 Å². The minimum absolute atomic E-state index is 0.105. The van der Waals surface area contributed by atoms with E-state index in [0.717, 1.165) is 27.5 Å². The summed E-state index contributed by atoms with van der Waals surface area (Å²) in [6.45, 7) is 1.59. The van der Waals surface area contributed by atoms with Gasteiger partial charge in [-0.2, -0.15) is 0 Å². The van der Waals surface area contributed by atoms with Crippen molar-refractivity contribution in [2.45, 2.75) is 13.1 Å². The molecule has 5 nitrogen and oxygen atoms in total. The number of ether oxygens (including phenoxy) is 1. The molecular formula is C22H22ClN3O2. The first-order chi connectivity index (χ1) is 13.6. The van der Waals surface area contributed by atoms with Crippen LogP contribution in [0.15, 0.2) is 54.6 Å². The number of aryl methyl sites for hydroxylation is 1. The number of aromatic nitrogens is 2. The molecule has 0 bridgehead atoms. The van der Waals surface area contributed by atoms with Gasteiger partial charge in [-0.3, -0.25) is 4.79 Å². The predicted octanol–water partition coefficient (Wildman–Crippen LogP) is 4.36. The van der Waals surface area contributed by atoms with Crippen molar-refractivity contribution in [2.75, 3.05) is 13.7 Å². The summed E-state index contributed by atoms with van der Waals surface area (Å²) in [7, 11) is 3.70. The van der Waals surface area contributed by atoms with E-state index in [1.165, 1.54) is 0 Å². The lowest BCUT2D eigenvalue weighted by molar-refractivity contribution is 0.0939. The van der Waals surface area contributed by atoms with Gasteiger partial charge in [0.05, 0.1) is 23.2 Å². The number of nitrogens with one attached hydrogen (secondary N) is 1. The molecule has 0 aliphatic heterocycles. The number of amides is 1. The molecule has 1 N–H and O–H groups in total. The molecule has 144 valence electrons. The number of carbonyl (C=O) groups is 1. The fourth-order valence-electron chi connectivity index (χ4n) is 3.65. The molecule has 4 aromatic rings. The first-order valence-electron chi connectivity index (χ1n) is 9.18. The molecule has 0 radical (unpaired) electrons. The van der Waals surface area contributed by atoms with Crippen LogP contribution < -0.4 is 5.32 Å². The molecule has 0 aliphatic rings. The van der Waals surface area contributed by atoms with Gasteiger partial charge in [0, 0.05) is 37.7 Å². The summed E-state index contributed by atoms with van der Waals surface area (Å²) in [6, 6.07) is 17.7. The van der Waals surface area contributed by atoms with Gasteiger partial charge >= 0.3 is 0 Å². The summed E-state index contributed by atoms with van der Waals surface area (Å²) in [5.74, 6) is -0.105. The topological polar surface area (TPSA) is 48.2 Å². The first-order valence-corrected chi connectivity index (χ1v) is 9.56. The molecule has 0 atom stereocenters. The van der Waals surface area contributed by atoms with Crippen LogP contribution >= 0.6 is 11.6 Å². The minimum atomic E-state index is -0.105. The highest BCUT2D eigenvalue weighted by Gasteiger charge is 2.20. The summed E-state index contributed by atoms with van der Waals surface area (Å²) in [6.07, 6.45) is 0. The Balaban J connectivity index is 1.71. The molecule has 2 aromatic heterocycles. The molecular weight excluding hydrogens is 374 g/mol. The van der Waals surface area contributed by atoms with Crippen molar-refractivity contribution >= 4 is 39.4 Å². The van der Waals surface area contributed by atoms with Gasteiger partial charge in [-0.25, -0.2) is 0 Å².